The molecule has 0 amide bonds. The van der Waals surface area contributed by atoms with Crippen LogP contribution in [0.25, 0.3) is 11.3 Å². The molecule has 1 saturated heterocycles. The molecule has 0 aliphatic carbocycles. The highest BCUT2D eigenvalue weighted by Gasteiger charge is 2.43. The molecule has 0 spiro atoms. The van der Waals surface area contributed by atoms with Gasteiger partial charge in [-0.05, 0) is 79.8 Å². The fourth-order valence-electron chi connectivity index (χ4n) is 4.51. The van der Waals surface area contributed by atoms with Gasteiger partial charge in [0.05, 0.1) is 18.3 Å². The van der Waals surface area contributed by atoms with Crippen molar-refractivity contribution in [3.8, 4) is 28.6 Å². The maximum atomic E-state index is 6.43. The molecule has 0 radical (unpaired) electrons. The smallest absolute Gasteiger partial charge is 0.231 e. The van der Waals surface area contributed by atoms with Gasteiger partial charge < -0.3 is 28.8 Å². The van der Waals surface area contributed by atoms with Crippen molar-refractivity contribution in [2.24, 2.45) is 0 Å². The summed E-state index contributed by atoms with van der Waals surface area (Å²) in [5.41, 5.74) is 2.73. The quantitative estimate of drug-likeness (QED) is 0.352. The van der Waals surface area contributed by atoms with E-state index in [4.69, 9.17) is 30.8 Å². The van der Waals surface area contributed by atoms with Gasteiger partial charge in [0.2, 0.25) is 6.79 Å². The molecule has 2 unspecified atom stereocenters. The van der Waals surface area contributed by atoms with E-state index in [9.17, 15) is 0 Å². The van der Waals surface area contributed by atoms with Crippen LogP contribution in [0.1, 0.15) is 30.5 Å². The standard InChI is InChI=1S/C27H23N3O4S/c1-2-31-19-9-6-17(7-10-19)21-12-13-23(34-21)26-25(20-5-3-4-14-28-20)29-27(35)30(26)18-8-11-22-24(15-18)33-16-32-22/h3-15,25-26H,2,16H2,1H3,(H,29,35). The van der Waals surface area contributed by atoms with Crippen LogP contribution in [0.4, 0.5) is 5.69 Å². The van der Waals surface area contributed by atoms with E-state index < -0.39 is 0 Å². The minimum atomic E-state index is -0.255. The zero-order valence-corrected chi connectivity index (χ0v) is 19.8. The second-order valence-corrected chi connectivity index (χ2v) is 8.58. The first-order valence-electron chi connectivity index (χ1n) is 11.4. The maximum absolute atomic E-state index is 6.43. The summed E-state index contributed by atoms with van der Waals surface area (Å²) in [6.45, 7) is 2.81. The molecular formula is C27H23N3O4S. The summed E-state index contributed by atoms with van der Waals surface area (Å²) in [4.78, 5) is 6.65. The second kappa shape index (κ2) is 8.96. The van der Waals surface area contributed by atoms with E-state index in [1.165, 1.54) is 0 Å². The lowest BCUT2D eigenvalue weighted by atomic mass is 10.0. The second-order valence-electron chi connectivity index (χ2n) is 8.19. The summed E-state index contributed by atoms with van der Waals surface area (Å²) in [5, 5.41) is 4.04. The van der Waals surface area contributed by atoms with Crippen molar-refractivity contribution in [3.63, 3.8) is 0 Å². The first kappa shape index (κ1) is 21.5. The van der Waals surface area contributed by atoms with Crippen LogP contribution in [0.15, 0.2) is 83.4 Å². The van der Waals surface area contributed by atoms with E-state index in [2.05, 4.69) is 15.2 Å². The third-order valence-corrected chi connectivity index (χ3v) is 6.42. The zero-order valence-electron chi connectivity index (χ0n) is 19.0. The van der Waals surface area contributed by atoms with Crippen molar-refractivity contribution in [3.05, 3.63) is 90.4 Å². The molecule has 2 atom stereocenters. The number of aromatic nitrogens is 1. The highest BCUT2D eigenvalue weighted by atomic mass is 32.1. The minimum Gasteiger partial charge on any atom is -0.494 e. The van der Waals surface area contributed by atoms with Crippen LogP contribution in [0.5, 0.6) is 17.2 Å². The Kier molecular flexibility index (Phi) is 5.50. The topological polar surface area (TPSA) is 69.0 Å². The van der Waals surface area contributed by atoms with Gasteiger partial charge in [0.25, 0.3) is 0 Å². The van der Waals surface area contributed by atoms with Crippen molar-refractivity contribution in [2.45, 2.75) is 19.0 Å². The Morgan fingerprint density at radius 1 is 1.03 bits per heavy atom. The molecule has 2 aliphatic rings. The number of rotatable bonds is 6. The number of furan rings is 1. The number of pyridine rings is 1. The van der Waals surface area contributed by atoms with Gasteiger partial charge in [0, 0.05) is 23.5 Å². The summed E-state index contributed by atoms with van der Waals surface area (Å²) in [7, 11) is 0. The molecule has 0 bridgehead atoms. The Balaban J connectivity index is 1.40. The van der Waals surface area contributed by atoms with Crippen LogP contribution in [0.2, 0.25) is 0 Å². The van der Waals surface area contributed by atoms with Gasteiger partial charge in [-0.15, -0.1) is 0 Å². The van der Waals surface area contributed by atoms with Crippen LogP contribution >= 0.6 is 12.2 Å². The molecule has 1 N–H and O–H groups in total. The lowest BCUT2D eigenvalue weighted by molar-refractivity contribution is 0.174. The first-order chi connectivity index (χ1) is 17.2. The van der Waals surface area contributed by atoms with Crippen LogP contribution < -0.4 is 24.4 Å². The Bertz CT molecular complexity index is 1360. The van der Waals surface area contributed by atoms with Gasteiger partial charge in [-0.3, -0.25) is 4.98 Å². The van der Waals surface area contributed by atoms with Gasteiger partial charge in [-0.1, -0.05) is 6.07 Å². The molecule has 4 aromatic rings. The molecule has 6 rings (SSSR count). The summed E-state index contributed by atoms with van der Waals surface area (Å²) in [6.07, 6.45) is 1.79. The predicted octanol–water partition coefficient (Wildman–Crippen LogP) is 5.65. The third-order valence-electron chi connectivity index (χ3n) is 6.10. The molecule has 0 saturated carbocycles. The van der Waals surface area contributed by atoms with Crippen molar-refractivity contribution >= 4 is 23.0 Å². The fraction of sp³-hybridized carbons (Fsp3) is 0.185. The molecule has 7 nitrogen and oxygen atoms in total. The molecule has 2 aromatic heterocycles. The molecule has 4 heterocycles. The van der Waals surface area contributed by atoms with E-state index in [0.717, 1.165) is 40.0 Å². The predicted molar refractivity (Wildman–Crippen MR) is 136 cm³/mol. The lowest BCUT2D eigenvalue weighted by Crippen LogP contribution is -2.29. The third kappa shape index (κ3) is 3.95. The first-order valence-corrected chi connectivity index (χ1v) is 11.9. The minimum absolute atomic E-state index is 0.201. The van der Waals surface area contributed by atoms with E-state index in [1.807, 2.05) is 79.7 Å². The Hall–Kier alpha value is -4.04. The summed E-state index contributed by atoms with van der Waals surface area (Å²) in [6, 6.07) is 23.1. The van der Waals surface area contributed by atoms with E-state index in [0.29, 0.717) is 17.5 Å². The number of hydrogen-bond donors (Lipinski definition) is 1. The largest absolute Gasteiger partial charge is 0.494 e. The number of anilines is 1. The van der Waals surface area contributed by atoms with Crippen molar-refractivity contribution in [1.82, 2.24) is 10.3 Å². The Labute approximate surface area is 208 Å². The summed E-state index contributed by atoms with van der Waals surface area (Å²) < 4.78 is 23.1. The molecular weight excluding hydrogens is 462 g/mol. The van der Waals surface area contributed by atoms with Crippen LogP contribution in [0.3, 0.4) is 0 Å². The van der Waals surface area contributed by atoms with Gasteiger partial charge in [-0.25, -0.2) is 0 Å². The SMILES string of the molecule is CCOc1ccc(-c2ccc(C3C(c4ccccn4)NC(=S)N3c3ccc4c(c3)OCO4)o2)cc1. The number of benzene rings is 2. The van der Waals surface area contributed by atoms with Crippen molar-refractivity contribution in [2.75, 3.05) is 18.3 Å². The van der Waals surface area contributed by atoms with Crippen LogP contribution in [-0.2, 0) is 0 Å². The average Bonchev–Trinajstić information content (AvgIpc) is 3.63. The summed E-state index contributed by atoms with van der Waals surface area (Å²) in [5.74, 6) is 3.79. The monoisotopic (exact) mass is 485 g/mol. The van der Waals surface area contributed by atoms with Crippen molar-refractivity contribution in [1.29, 1.82) is 0 Å². The highest BCUT2D eigenvalue weighted by Crippen LogP contribution is 2.45. The maximum Gasteiger partial charge on any atom is 0.231 e. The normalized spacial score (nSPS) is 18.5. The number of ether oxygens (including phenoxy) is 3. The molecule has 1 fully saturated rings. The van der Waals surface area contributed by atoms with Crippen molar-refractivity contribution < 1.29 is 18.6 Å². The van der Waals surface area contributed by atoms with E-state index >= 15 is 0 Å². The van der Waals surface area contributed by atoms with Gasteiger partial charge in [-0.2, -0.15) is 0 Å². The van der Waals surface area contributed by atoms with E-state index in [1.54, 1.807) is 6.20 Å². The average molecular weight is 486 g/mol. The van der Waals surface area contributed by atoms with Gasteiger partial charge in [0.15, 0.2) is 16.6 Å². The number of nitrogens with one attached hydrogen (secondary N) is 1. The fourth-order valence-corrected chi connectivity index (χ4v) is 4.85. The molecule has 35 heavy (non-hydrogen) atoms. The highest BCUT2D eigenvalue weighted by molar-refractivity contribution is 7.80. The molecule has 176 valence electrons. The van der Waals surface area contributed by atoms with Gasteiger partial charge >= 0.3 is 0 Å². The Morgan fingerprint density at radius 3 is 2.69 bits per heavy atom. The summed E-state index contributed by atoms with van der Waals surface area (Å²) >= 11 is 5.80. The molecule has 2 aliphatic heterocycles. The molecule has 8 heteroatoms. The number of hydrogen-bond acceptors (Lipinski definition) is 6. The van der Waals surface area contributed by atoms with E-state index in [-0.39, 0.29) is 18.9 Å². The lowest BCUT2D eigenvalue weighted by Gasteiger charge is -2.26. The number of fused-ring (bicyclic) bond motifs is 1. The number of thiocarbonyl (C=S) groups is 1. The molecule has 2 aromatic carbocycles. The Morgan fingerprint density at radius 2 is 1.89 bits per heavy atom. The number of nitrogens with zero attached hydrogens (tertiary/aromatic N) is 2. The van der Waals surface area contributed by atoms with Gasteiger partial charge in [0.1, 0.15) is 23.3 Å². The zero-order chi connectivity index (χ0) is 23.8. The van der Waals surface area contributed by atoms with Crippen LogP contribution in [-0.4, -0.2) is 23.5 Å². The van der Waals surface area contributed by atoms with Crippen LogP contribution in [0, 0.1) is 0 Å².